The fourth-order valence-electron chi connectivity index (χ4n) is 3.13. The minimum Gasteiger partial charge on any atom is -0.496 e. The zero-order valence-electron chi connectivity index (χ0n) is 12.6. The summed E-state index contributed by atoms with van der Waals surface area (Å²) in [5.74, 6) is 1.81. The minimum absolute atomic E-state index is 0.580. The fourth-order valence-corrected chi connectivity index (χ4v) is 3.13. The molecule has 0 amide bonds. The standard InChI is InChI=1S/C16H26N2O/c1-11-9-18-15(12(2)16(11)19-4)10-17-13(3)14-7-5-6-8-14/h9,13-14,17H,5-8,10H2,1-4H3/t13-/m1/s1. The molecule has 1 fully saturated rings. The Bertz CT molecular complexity index is 425. The van der Waals surface area contributed by atoms with Gasteiger partial charge in [0.1, 0.15) is 5.75 Å². The Morgan fingerprint density at radius 1 is 1.37 bits per heavy atom. The second-order valence-corrected chi connectivity index (χ2v) is 5.76. The Morgan fingerprint density at radius 3 is 2.68 bits per heavy atom. The molecule has 1 heterocycles. The van der Waals surface area contributed by atoms with Gasteiger partial charge in [0, 0.05) is 29.9 Å². The number of rotatable bonds is 5. The largest absolute Gasteiger partial charge is 0.496 e. The van der Waals surface area contributed by atoms with Crippen LogP contribution in [0.2, 0.25) is 0 Å². The van der Waals surface area contributed by atoms with Gasteiger partial charge in [-0.15, -0.1) is 0 Å². The molecule has 106 valence electrons. The van der Waals surface area contributed by atoms with Crippen LogP contribution < -0.4 is 10.1 Å². The predicted octanol–water partition coefficient (Wildman–Crippen LogP) is 3.38. The average Bonchev–Trinajstić information content (AvgIpc) is 2.92. The third kappa shape index (κ3) is 3.27. The third-order valence-electron chi connectivity index (χ3n) is 4.45. The zero-order valence-corrected chi connectivity index (χ0v) is 12.6. The van der Waals surface area contributed by atoms with E-state index in [9.17, 15) is 0 Å². The molecule has 1 aromatic heterocycles. The van der Waals surface area contributed by atoms with Crippen LogP contribution in [0.3, 0.4) is 0 Å². The van der Waals surface area contributed by atoms with Gasteiger partial charge in [-0.3, -0.25) is 4.98 Å². The minimum atomic E-state index is 0.580. The van der Waals surface area contributed by atoms with Gasteiger partial charge in [0.25, 0.3) is 0 Å². The second-order valence-electron chi connectivity index (χ2n) is 5.76. The molecular weight excluding hydrogens is 236 g/mol. The number of methoxy groups -OCH3 is 1. The highest BCUT2D eigenvalue weighted by molar-refractivity contribution is 5.40. The van der Waals surface area contributed by atoms with Gasteiger partial charge in [-0.05, 0) is 39.5 Å². The molecule has 0 aromatic carbocycles. The normalized spacial score (nSPS) is 17.7. The number of aromatic nitrogens is 1. The Balaban J connectivity index is 1.99. The first kappa shape index (κ1) is 14.3. The predicted molar refractivity (Wildman–Crippen MR) is 78.5 cm³/mol. The fraction of sp³-hybridized carbons (Fsp3) is 0.688. The molecule has 1 saturated carbocycles. The van der Waals surface area contributed by atoms with Gasteiger partial charge >= 0.3 is 0 Å². The van der Waals surface area contributed by atoms with Crippen LogP contribution in [0.15, 0.2) is 6.20 Å². The van der Waals surface area contributed by atoms with Crippen molar-refractivity contribution in [1.82, 2.24) is 10.3 Å². The highest BCUT2D eigenvalue weighted by Crippen LogP contribution is 2.28. The van der Waals surface area contributed by atoms with Crippen molar-refractivity contribution in [3.05, 3.63) is 23.0 Å². The topological polar surface area (TPSA) is 34.1 Å². The number of aryl methyl sites for hydroxylation is 1. The lowest BCUT2D eigenvalue weighted by Gasteiger charge is -2.21. The zero-order chi connectivity index (χ0) is 13.8. The smallest absolute Gasteiger partial charge is 0.128 e. The van der Waals surface area contributed by atoms with Crippen LogP contribution in [0.4, 0.5) is 0 Å². The molecule has 1 N–H and O–H groups in total. The monoisotopic (exact) mass is 262 g/mol. The molecule has 1 atom stereocenters. The second kappa shape index (κ2) is 6.38. The Labute approximate surface area is 116 Å². The van der Waals surface area contributed by atoms with Crippen LogP contribution in [0.5, 0.6) is 5.75 Å². The molecular formula is C16H26N2O. The molecule has 3 heteroatoms. The van der Waals surface area contributed by atoms with Crippen LogP contribution in [-0.2, 0) is 6.54 Å². The number of ether oxygens (including phenoxy) is 1. The number of nitrogens with zero attached hydrogens (tertiary/aromatic N) is 1. The van der Waals surface area contributed by atoms with E-state index in [1.165, 1.54) is 25.7 Å². The summed E-state index contributed by atoms with van der Waals surface area (Å²) in [6.45, 7) is 7.27. The summed E-state index contributed by atoms with van der Waals surface area (Å²) in [4.78, 5) is 4.54. The molecule has 3 nitrogen and oxygen atoms in total. The number of hydrogen-bond acceptors (Lipinski definition) is 3. The van der Waals surface area contributed by atoms with Crippen molar-refractivity contribution in [2.24, 2.45) is 5.92 Å². The molecule has 19 heavy (non-hydrogen) atoms. The van der Waals surface area contributed by atoms with Gasteiger partial charge in [0.15, 0.2) is 0 Å². The summed E-state index contributed by atoms with van der Waals surface area (Å²) in [5, 5.41) is 3.63. The lowest BCUT2D eigenvalue weighted by Crippen LogP contribution is -2.32. The van der Waals surface area contributed by atoms with Gasteiger partial charge < -0.3 is 10.1 Å². The summed E-state index contributed by atoms with van der Waals surface area (Å²) < 4.78 is 5.46. The Hall–Kier alpha value is -1.09. The molecule has 0 saturated heterocycles. The van der Waals surface area contributed by atoms with Crippen LogP contribution in [0, 0.1) is 19.8 Å². The van der Waals surface area contributed by atoms with Crippen molar-refractivity contribution >= 4 is 0 Å². The van der Waals surface area contributed by atoms with Crippen LogP contribution in [0.1, 0.15) is 49.4 Å². The molecule has 1 aliphatic rings. The summed E-state index contributed by atoms with van der Waals surface area (Å²) in [6, 6.07) is 0.580. The summed E-state index contributed by atoms with van der Waals surface area (Å²) >= 11 is 0. The van der Waals surface area contributed by atoms with Crippen LogP contribution in [-0.4, -0.2) is 18.1 Å². The number of pyridine rings is 1. The highest BCUT2D eigenvalue weighted by Gasteiger charge is 2.21. The van der Waals surface area contributed by atoms with E-state index in [4.69, 9.17) is 4.74 Å². The van der Waals surface area contributed by atoms with Crippen molar-refractivity contribution in [2.75, 3.05) is 7.11 Å². The van der Waals surface area contributed by atoms with E-state index >= 15 is 0 Å². The van der Waals surface area contributed by atoms with Crippen molar-refractivity contribution in [3.63, 3.8) is 0 Å². The van der Waals surface area contributed by atoms with E-state index in [-0.39, 0.29) is 0 Å². The van der Waals surface area contributed by atoms with E-state index < -0.39 is 0 Å². The summed E-state index contributed by atoms with van der Waals surface area (Å²) in [5.41, 5.74) is 3.37. The lowest BCUT2D eigenvalue weighted by molar-refractivity contribution is 0.376. The van der Waals surface area contributed by atoms with Gasteiger partial charge in [0.05, 0.1) is 12.8 Å². The van der Waals surface area contributed by atoms with Crippen molar-refractivity contribution in [2.45, 2.75) is 59.0 Å². The molecule has 0 aliphatic heterocycles. The quantitative estimate of drug-likeness (QED) is 0.883. The number of nitrogens with one attached hydrogen (secondary N) is 1. The van der Waals surface area contributed by atoms with Crippen molar-refractivity contribution in [3.8, 4) is 5.75 Å². The third-order valence-corrected chi connectivity index (χ3v) is 4.45. The maximum Gasteiger partial charge on any atom is 0.128 e. The van der Waals surface area contributed by atoms with E-state index in [1.54, 1.807) is 7.11 Å². The molecule has 1 aromatic rings. The highest BCUT2D eigenvalue weighted by atomic mass is 16.5. The van der Waals surface area contributed by atoms with Gasteiger partial charge in [-0.1, -0.05) is 12.8 Å². The molecule has 0 radical (unpaired) electrons. The summed E-state index contributed by atoms with van der Waals surface area (Å²) in [7, 11) is 1.73. The molecule has 0 unspecified atom stereocenters. The Kier molecular flexibility index (Phi) is 4.81. The summed E-state index contributed by atoms with van der Waals surface area (Å²) in [6.07, 6.45) is 7.44. The van der Waals surface area contributed by atoms with Crippen LogP contribution >= 0.6 is 0 Å². The average molecular weight is 262 g/mol. The molecule has 1 aliphatic carbocycles. The first-order chi connectivity index (χ1) is 9.13. The van der Waals surface area contributed by atoms with E-state index in [0.717, 1.165) is 35.0 Å². The maximum absolute atomic E-state index is 5.46. The number of hydrogen-bond donors (Lipinski definition) is 1. The van der Waals surface area contributed by atoms with Gasteiger partial charge in [0.2, 0.25) is 0 Å². The maximum atomic E-state index is 5.46. The SMILES string of the molecule is COc1c(C)cnc(CN[C@H](C)C2CCCC2)c1C. The molecule has 2 rings (SSSR count). The van der Waals surface area contributed by atoms with E-state index in [0.29, 0.717) is 6.04 Å². The molecule has 0 bridgehead atoms. The van der Waals surface area contributed by atoms with Gasteiger partial charge in [-0.2, -0.15) is 0 Å². The van der Waals surface area contributed by atoms with Crippen LogP contribution in [0.25, 0.3) is 0 Å². The first-order valence-electron chi connectivity index (χ1n) is 7.36. The van der Waals surface area contributed by atoms with Crippen molar-refractivity contribution < 1.29 is 4.74 Å². The Morgan fingerprint density at radius 2 is 2.05 bits per heavy atom. The van der Waals surface area contributed by atoms with E-state index in [2.05, 4.69) is 24.1 Å². The van der Waals surface area contributed by atoms with Crippen molar-refractivity contribution in [1.29, 1.82) is 0 Å². The molecule has 0 spiro atoms. The first-order valence-corrected chi connectivity index (χ1v) is 7.36. The van der Waals surface area contributed by atoms with E-state index in [1.807, 2.05) is 13.1 Å². The van der Waals surface area contributed by atoms with Gasteiger partial charge in [-0.25, -0.2) is 0 Å². The lowest BCUT2D eigenvalue weighted by atomic mass is 9.99.